The molecule has 1 amide bonds. The third-order valence-corrected chi connectivity index (χ3v) is 3.32. The van der Waals surface area contributed by atoms with Crippen LogP contribution in [0.1, 0.15) is 40.0 Å². The van der Waals surface area contributed by atoms with Gasteiger partial charge in [0.1, 0.15) is 6.04 Å². The summed E-state index contributed by atoms with van der Waals surface area (Å²) in [5, 5.41) is 9.18. The van der Waals surface area contributed by atoms with Crippen LogP contribution in [-0.4, -0.2) is 23.4 Å². The summed E-state index contributed by atoms with van der Waals surface area (Å²) in [7, 11) is 0. The van der Waals surface area contributed by atoms with Crippen molar-refractivity contribution in [2.75, 3.05) is 6.54 Å². The van der Waals surface area contributed by atoms with E-state index in [0.29, 0.717) is 18.3 Å². The first kappa shape index (κ1) is 12.0. The van der Waals surface area contributed by atoms with Crippen LogP contribution >= 0.6 is 0 Å². The zero-order valence-electron chi connectivity index (χ0n) is 9.86. The Bertz CT molecular complexity index is 265. The van der Waals surface area contributed by atoms with E-state index in [1.165, 1.54) is 0 Å². The maximum atomic E-state index is 11.7. The van der Waals surface area contributed by atoms with E-state index in [1.807, 2.05) is 0 Å². The lowest BCUT2D eigenvalue weighted by Crippen LogP contribution is -2.40. The average molecular weight is 208 g/mol. The number of carbonyl (C=O) groups excluding carboxylic acids is 1. The number of hydrogen-bond donors (Lipinski definition) is 0. The molecule has 1 heterocycles. The van der Waals surface area contributed by atoms with E-state index in [4.69, 9.17) is 0 Å². The SMILES string of the molecule is CCC(CC)C(C#N)N1CC(C)CC1=O. The van der Waals surface area contributed by atoms with Crippen molar-refractivity contribution in [2.24, 2.45) is 11.8 Å². The van der Waals surface area contributed by atoms with Crippen LogP contribution in [0.2, 0.25) is 0 Å². The Morgan fingerprint density at radius 3 is 2.47 bits per heavy atom. The summed E-state index contributed by atoms with van der Waals surface area (Å²) in [6.45, 7) is 7.00. The van der Waals surface area contributed by atoms with Gasteiger partial charge in [-0.2, -0.15) is 5.26 Å². The number of amides is 1. The monoisotopic (exact) mass is 208 g/mol. The number of hydrogen-bond acceptors (Lipinski definition) is 2. The van der Waals surface area contributed by atoms with Crippen molar-refractivity contribution in [2.45, 2.75) is 46.1 Å². The van der Waals surface area contributed by atoms with E-state index in [2.05, 4.69) is 26.8 Å². The van der Waals surface area contributed by atoms with Gasteiger partial charge in [-0.15, -0.1) is 0 Å². The lowest BCUT2D eigenvalue weighted by Gasteiger charge is -2.28. The molecule has 1 saturated heterocycles. The van der Waals surface area contributed by atoms with Crippen molar-refractivity contribution >= 4 is 5.91 Å². The van der Waals surface area contributed by atoms with Crippen molar-refractivity contribution in [1.29, 1.82) is 5.26 Å². The topological polar surface area (TPSA) is 44.1 Å². The summed E-state index contributed by atoms with van der Waals surface area (Å²) in [5.74, 6) is 0.882. The highest BCUT2D eigenvalue weighted by atomic mass is 16.2. The molecule has 1 aliphatic rings. The predicted molar refractivity (Wildman–Crippen MR) is 59.0 cm³/mol. The van der Waals surface area contributed by atoms with Gasteiger partial charge >= 0.3 is 0 Å². The molecule has 2 unspecified atom stereocenters. The molecule has 0 aromatic rings. The molecule has 1 rings (SSSR count). The van der Waals surface area contributed by atoms with Crippen LogP contribution in [0.3, 0.4) is 0 Å². The smallest absolute Gasteiger partial charge is 0.223 e. The van der Waals surface area contributed by atoms with Crippen molar-refractivity contribution in [3.05, 3.63) is 0 Å². The number of carbonyl (C=O) groups is 1. The Kier molecular flexibility index (Phi) is 4.14. The van der Waals surface area contributed by atoms with E-state index >= 15 is 0 Å². The molecule has 1 fully saturated rings. The standard InChI is InChI=1S/C12H20N2O/c1-4-10(5-2)11(7-13)14-8-9(3)6-12(14)15/h9-11H,4-6,8H2,1-3H3. The van der Waals surface area contributed by atoms with Crippen LogP contribution in [0, 0.1) is 23.2 Å². The van der Waals surface area contributed by atoms with E-state index < -0.39 is 0 Å². The first-order chi connectivity index (χ1) is 7.13. The Balaban J connectivity index is 2.75. The van der Waals surface area contributed by atoms with Gasteiger partial charge in [0.25, 0.3) is 0 Å². The van der Waals surface area contributed by atoms with Gasteiger partial charge in [0.05, 0.1) is 6.07 Å². The normalized spacial score (nSPS) is 23.3. The lowest BCUT2D eigenvalue weighted by molar-refractivity contribution is -0.129. The number of rotatable bonds is 4. The molecule has 0 aromatic carbocycles. The van der Waals surface area contributed by atoms with Gasteiger partial charge in [-0.3, -0.25) is 4.79 Å². The second-order valence-corrected chi connectivity index (χ2v) is 4.51. The molecule has 0 aromatic heterocycles. The minimum atomic E-state index is -0.211. The average Bonchev–Trinajstić information content (AvgIpc) is 2.54. The largest absolute Gasteiger partial charge is 0.326 e. The van der Waals surface area contributed by atoms with E-state index in [-0.39, 0.29) is 11.9 Å². The summed E-state index contributed by atoms with van der Waals surface area (Å²) in [6.07, 6.45) is 2.54. The maximum Gasteiger partial charge on any atom is 0.223 e. The van der Waals surface area contributed by atoms with Gasteiger partial charge in [-0.25, -0.2) is 0 Å². The van der Waals surface area contributed by atoms with Gasteiger partial charge in [-0.05, 0) is 11.8 Å². The summed E-state index contributed by atoms with van der Waals surface area (Å²) in [6, 6.07) is 2.09. The summed E-state index contributed by atoms with van der Waals surface area (Å²) in [5.41, 5.74) is 0. The highest BCUT2D eigenvalue weighted by Crippen LogP contribution is 2.25. The first-order valence-corrected chi connectivity index (χ1v) is 5.83. The highest BCUT2D eigenvalue weighted by Gasteiger charge is 2.35. The Hall–Kier alpha value is -1.04. The fraction of sp³-hybridized carbons (Fsp3) is 0.833. The minimum Gasteiger partial charge on any atom is -0.326 e. The molecule has 3 heteroatoms. The fourth-order valence-electron chi connectivity index (χ4n) is 2.35. The molecule has 1 aliphatic heterocycles. The fourth-order valence-corrected chi connectivity index (χ4v) is 2.35. The predicted octanol–water partition coefficient (Wildman–Crippen LogP) is 2.18. The molecule has 0 bridgehead atoms. The van der Waals surface area contributed by atoms with E-state index in [1.54, 1.807) is 4.90 Å². The van der Waals surface area contributed by atoms with Crippen LogP contribution in [0.4, 0.5) is 0 Å². The molecule has 2 atom stereocenters. The Morgan fingerprint density at radius 1 is 1.53 bits per heavy atom. The second kappa shape index (κ2) is 5.16. The van der Waals surface area contributed by atoms with Crippen molar-refractivity contribution < 1.29 is 4.79 Å². The summed E-state index contributed by atoms with van der Waals surface area (Å²) in [4.78, 5) is 13.5. The van der Waals surface area contributed by atoms with Gasteiger partial charge in [-0.1, -0.05) is 33.6 Å². The summed E-state index contributed by atoms with van der Waals surface area (Å²) >= 11 is 0. The van der Waals surface area contributed by atoms with Crippen LogP contribution < -0.4 is 0 Å². The van der Waals surface area contributed by atoms with E-state index in [9.17, 15) is 10.1 Å². The molecule has 15 heavy (non-hydrogen) atoms. The number of nitrogens with zero attached hydrogens (tertiary/aromatic N) is 2. The molecular formula is C12H20N2O. The zero-order valence-corrected chi connectivity index (χ0v) is 9.86. The second-order valence-electron chi connectivity index (χ2n) is 4.51. The molecule has 0 spiro atoms. The van der Waals surface area contributed by atoms with Gasteiger partial charge in [0.15, 0.2) is 0 Å². The summed E-state index contributed by atoms with van der Waals surface area (Å²) < 4.78 is 0. The quantitative estimate of drug-likeness (QED) is 0.710. The van der Waals surface area contributed by atoms with E-state index in [0.717, 1.165) is 19.4 Å². The molecule has 0 N–H and O–H groups in total. The van der Waals surface area contributed by atoms with Crippen molar-refractivity contribution in [3.63, 3.8) is 0 Å². The van der Waals surface area contributed by atoms with Gasteiger partial charge in [0, 0.05) is 13.0 Å². The van der Waals surface area contributed by atoms with Crippen LogP contribution in [-0.2, 0) is 4.79 Å². The molecule has 0 radical (unpaired) electrons. The maximum absolute atomic E-state index is 11.7. The van der Waals surface area contributed by atoms with Gasteiger partial charge < -0.3 is 4.90 Å². The zero-order chi connectivity index (χ0) is 11.4. The van der Waals surface area contributed by atoms with Crippen LogP contribution in [0.5, 0.6) is 0 Å². The first-order valence-electron chi connectivity index (χ1n) is 5.83. The molecule has 3 nitrogen and oxygen atoms in total. The Morgan fingerprint density at radius 2 is 2.13 bits per heavy atom. The van der Waals surface area contributed by atoms with Crippen molar-refractivity contribution in [3.8, 4) is 6.07 Å². The third kappa shape index (κ3) is 2.50. The lowest BCUT2D eigenvalue weighted by atomic mass is 9.94. The third-order valence-electron chi connectivity index (χ3n) is 3.32. The van der Waals surface area contributed by atoms with Gasteiger partial charge in [0.2, 0.25) is 5.91 Å². The Labute approximate surface area is 92.1 Å². The van der Waals surface area contributed by atoms with Crippen molar-refractivity contribution in [1.82, 2.24) is 4.90 Å². The number of nitriles is 1. The number of likely N-dealkylation sites (tertiary alicyclic amines) is 1. The minimum absolute atomic E-state index is 0.154. The molecule has 84 valence electrons. The molecule has 0 saturated carbocycles. The highest BCUT2D eigenvalue weighted by molar-refractivity contribution is 5.79. The van der Waals surface area contributed by atoms with Crippen LogP contribution in [0.15, 0.2) is 0 Å². The van der Waals surface area contributed by atoms with Crippen LogP contribution in [0.25, 0.3) is 0 Å². The molecule has 0 aliphatic carbocycles. The molecular weight excluding hydrogens is 188 g/mol.